The molecule has 0 saturated carbocycles. The lowest BCUT2D eigenvalue weighted by Crippen LogP contribution is -2.16. The molecule has 86 valence electrons. The number of hydrogen-bond acceptors (Lipinski definition) is 6. The van der Waals surface area contributed by atoms with Crippen LogP contribution in [0.25, 0.3) is 0 Å². The molecule has 1 aromatic rings. The molecule has 0 atom stereocenters. The van der Waals surface area contributed by atoms with Crippen molar-refractivity contribution < 1.29 is 19.1 Å². The van der Waals surface area contributed by atoms with Crippen LogP contribution in [0.1, 0.15) is 34.7 Å². The summed E-state index contributed by atoms with van der Waals surface area (Å²) in [5, 5.41) is 0. The van der Waals surface area contributed by atoms with E-state index in [0.717, 1.165) is 0 Å². The van der Waals surface area contributed by atoms with E-state index in [-0.39, 0.29) is 24.5 Å². The monoisotopic (exact) mass is 224 g/mol. The minimum Gasteiger partial charge on any atom is -0.462 e. The van der Waals surface area contributed by atoms with Crippen molar-refractivity contribution in [1.82, 2.24) is 9.97 Å². The SMILES string of the molecule is CCOC(=O)c1cncnc1C(=O)OCC. The van der Waals surface area contributed by atoms with Gasteiger partial charge in [-0.25, -0.2) is 19.6 Å². The fourth-order valence-corrected chi connectivity index (χ4v) is 1.05. The summed E-state index contributed by atoms with van der Waals surface area (Å²) in [4.78, 5) is 30.3. The number of carbonyl (C=O) groups excluding carboxylic acids is 2. The Labute approximate surface area is 92.6 Å². The Bertz CT molecular complexity index is 355. The molecule has 16 heavy (non-hydrogen) atoms. The van der Waals surface area contributed by atoms with Gasteiger partial charge in [-0.3, -0.25) is 0 Å². The summed E-state index contributed by atoms with van der Waals surface area (Å²) in [7, 11) is 0. The van der Waals surface area contributed by atoms with Gasteiger partial charge in [-0.05, 0) is 13.8 Å². The highest BCUT2D eigenvalue weighted by molar-refractivity contribution is 6.01. The molecule has 0 bridgehead atoms. The summed E-state index contributed by atoms with van der Waals surface area (Å²) in [6.07, 6.45) is 2.41. The maximum atomic E-state index is 11.5. The Balaban J connectivity index is 3.00. The molecule has 0 aliphatic heterocycles. The van der Waals surface area contributed by atoms with Crippen molar-refractivity contribution in [3.63, 3.8) is 0 Å². The molecule has 0 aliphatic rings. The van der Waals surface area contributed by atoms with Crippen LogP contribution in [0.2, 0.25) is 0 Å². The lowest BCUT2D eigenvalue weighted by Gasteiger charge is -2.05. The molecule has 0 N–H and O–H groups in total. The summed E-state index contributed by atoms with van der Waals surface area (Å²) in [6, 6.07) is 0. The van der Waals surface area contributed by atoms with Crippen LogP contribution < -0.4 is 0 Å². The Kier molecular flexibility index (Phi) is 4.38. The quantitative estimate of drug-likeness (QED) is 0.705. The van der Waals surface area contributed by atoms with Gasteiger partial charge in [-0.1, -0.05) is 0 Å². The summed E-state index contributed by atoms with van der Waals surface area (Å²) >= 11 is 0. The molecule has 6 heteroatoms. The molecular weight excluding hydrogens is 212 g/mol. The smallest absolute Gasteiger partial charge is 0.357 e. The van der Waals surface area contributed by atoms with Gasteiger partial charge >= 0.3 is 11.9 Å². The second-order valence-electron chi connectivity index (χ2n) is 2.73. The maximum absolute atomic E-state index is 11.5. The normalized spacial score (nSPS) is 9.62. The molecule has 0 spiro atoms. The highest BCUT2D eigenvalue weighted by Crippen LogP contribution is 2.07. The largest absolute Gasteiger partial charge is 0.462 e. The average molecular weight is 224 g/mol. The molecule has 0 amide bonds. The first-order chi connectivity index (χ1) is 7.70. The van der Waals surface area contributed by atoms with Crippen molar-refractivity contribution >= 4 is 11.9 Å². The lowest BCUT2D eigenvalue weighted by atomic mass is 10.2. The second-order valence-corrected chi connectivity index (χ2v) is 2.73. The van der Waals surface area contributed by atoms with Crippen molar-refractivity contribution in [1.29, 1.82) is 0 Å². The zero-order valence-electron chi connectivity index (χ0n) is 9.10. The molecule has 0 unspecified atom stereocenters. The number of ether oxygens (including phenoxy) is 2. The highest BCUT2D eigenvalue weighted by Gasteiger charge is 2.20. The first kappa shape index (κ1) is 12.1. The van der Waals surface area contributed by atoms with Gasteiger partial charge in [-0.2, -0.15) is 0 Å². The fourth-order valence-electron chi connectivity index (χ4n) is 1.05. The molecule has 1 aromatic heterocycles. The van der Waals surface area contributed by atoms with E-state index in [1.807, 2.05) is 0 Å². The van der Waals surface area contributed by atoms with Gasteiger partial charge < -0.3 is 9.47 Å². The van der Waals surface area contributed by atoms with Crippen LogP contribution >= 0.6 is 0 Å². The van der Waals surface area contributed by atoms with Crippen LogP contribution in [0.5, 0.6) is 0 Å². The number of nitrogens with zero attached hydrogens (tertiary/aromatic N) is 2. The van der Waals surface area contributed by atoms with Gasteiger partial charge in [0.05, 0.1) is 13.2 Å². The number of aromatic nitrogens is 2. The third-order valence-electron chi connectivity index (χ3n) is 1.68. The summed E-state index contributed by atoms with van der Waals surface area (Å²) < 4.78 is 9.53. The van der Waals surface area contributed by atoms with Crippen LogP contribution in [0.3, 0.4) is 0 Å². The predicted octanol–water partition coefficient (Wildman–Crippen LogP) is 0.830. The van der Waals surface area contributed by atoms with Crippen molar-refractivity contribution in [2.75, 3.05) is 13.2 Å². The number of esters is 2. The molecule has 0 aliphatic carbocycles. The second kappa shape index (κ2) is 5.79. The number of carbonyl (C=O) groups is 2. The van der Waals surface area contributed by atoms with E-state index < -0.39 is 11.9 Å². The van der Waals surface area contributed by atoms with E-state index in [1.54, 1.807) is 13.8 Å². The standard InChI is InChI=1S/C10H12N2O4/c1-3-15-9(13)7-5-11-6-12-8(7)10(14)16-4-2/h5-6H,3-4H2,1-2H3. The Morgan fingerprint density at radius 2 is 1.81 bits per heavy atom. The first-order valence-corrected chi connectivity index (χ1v) is 4.84. The predicted molar refractivity (Wildman–Crippen MR) is 53.9 cm³/mol. The van der Waals surface area contributed by atoms with Crippen LogP contribution in [-0.4, -0.2) is 35.1 Å². The molecule has 1 rings (SSSR count). The number of hydrogen-bond donors (Lipinski definition) is 0. The van der Waals surface area contributed by atoms with Crippen molar-refractivity contribution in [3.8, 4) is 0 Å². The third-order valence-corrected chi connectivity index (χ3v) is 1.68. The van der Waals surface area contributed by atoms with E-state index in [4.69, 9.17) is 9.47 Å². The van der Waals surface area contributed by atoms with Gasteiger partial charge in [0.1, 0.15) is 11.9 Å². The van der Waals surface area contributed by atoms with E-state index >= 15 is 0 Å². The Morgan fingerprint density at radius 1 is 1.19 bits per heavy atom. The van der Waals surface area contributed by atoms with Gasteiger partial charge in [0.2, 0.25) is 0 Å². The van der Waals surface area contributed by atoms with Crippen molar-refractivity contribution in [2.24, 2.45) is 0 Å². The van der Waals surface area contributed by atoms with Crippen LogP contribution in [-0.2, 0) is 9.47 Å². The van der Waals surface area contributed by atoms with Crippen LogP contribution in [0.15, 0.2) is 12.5 Å². The molecule has 0 saturated heterocycles. The zero-order valence-corrected chi connectivity index (χ0v) is 9.10. The fraction of sp³-hybridized carbons (Fsp3) is 0.400. The van der Waals surface area contributed by atoms with E-state index in [1.165, 1.54) is 12.5 Å². The highest BCUT2D eigenvalue weighted by atomic mass is 16.5. The molecule has 0 aromatic carbocycles. The van der Waals surface area contributed by atoms with E-state index in [0.29, 0.717) is 0 Å². The van der Waals surface area contributed by atoms with Crippen molar-refractivity contribution in [3.05, 3.63) is 23.8 Å². The lowest BCUT2D eigenvalue weighted by molar-refractivity contribution is 0.0472. The van der Waals surface area contributed by atoms with Crippen LogP contribution in [0, 0.1) is 0 Å². The molecule has 0 fully saturated rings. The topological polar surface area (TPSA) is 78.4 Å². The van der Waals surface area contributed by atoms with Gasteiger partial charge in [-0.15, -0.1) is 0 Å². The average Bonchev–Trinajstić information content (AvgIpc) is 2.30. The van der Waals surface area contributed by atoms with Gasteiger partial charge in [0.15, 0.2) is 5.69 Å². The molecular formula is C10H12N2O4. The molecule has 0 radical (unpaired) electrons. The summed E-state index contributed by atoms with van der Waals surface area (Å²) in [5.74, 6) is -1.29. The van der Waals surface area contributed by atoms with Crippen molar-refractivity contribution in [2.45, 2.75) is 13.8 Å². The zero-order chi connectivity index (χ0) is 12.0. The third kappa shape index (κ3) is 2.75. The van der Waals surface area contributed by atoms with E-state index in [2.05, 4.69) is 9.97 Å². The molecule has 6 nitrogen and oxygen atoms in total. The van der Waals surface area contributed by atoms with Gasteiger partial charge in [0.25, 0.3) is 0 Å². The minimum absolute atomic E-state index is 0.0165. The van der Waals surface area contributed by atoms with E-state index in [9.17, 15) is 9.59 Å². The Morgan fingerprint density at radius 3 is 2.44 bits per heavy atom. The first-order valence-electron chi connectivity index (χ1n) is 4.84. The summed E-state index contributed by atoms with van der Waals surface area (Å²) in [5.41, 5.74) is -0.0573. The van der Waals surface area contributed by atoms with Crippen LogP contribution in [0.4, 0.5) is 0 Å². The minimum atomic E-state index is -0.659. The summed E-state index contributed by atoms with van der Waals surface area (Å²) in [6.45, 7) is 3.77. The molecule has 1 heterocycles. The van der Waals surface area contributed by atoms with Gasteiger partial charge in [0, 0.05) is 6.20 Å². The maximum Gasteiger partial charge on any atom is 0.357 e. The Hall–Kier alpha value is -1.98. The number of rotatable bonds is 4.